The van der Waals surface area contributed by atoms with E-state index in [4.69, 9.17) is 4.74 Å². The first kappa shape index (κ1) is 16.8. The van der Waals surface area contributed by atoms with E-state index in [9.17, 15) is 9.59 Å². The fourth-order valence-electron chi connectivity index (χ4n) is 0.680. The predicted molar refractivity (Wildman–Crippen MR) is 65.0 cm³/mol. The van der Waals surface area contributed by atoms with Crippen LogP contribution in [0.2, 0.25) is 0 Å². The fourth-order valence-corrected chi connectivity index (χ4v) is 0.680. The molecule has 0 aromatic carbocycles. The second-order valence-electron chi connectivity index (χ2n) is 3.39. The van der Waals surface area contributed by atoms with Crippen LogP contribution in [-0.2, 0) is 14.3 Å². The zero-order valence-corrected chi connectivity index (χ0v) is 10.7. The highest BCUT2D eigenvalue weighted by molar-refractivity contribution is 5.71. The van der Waals surface area contributed by atoms with Crippen molar-refractivity contribution in [2.45, 2.75) is 20.8 Å². The van der Waals surface area contributed by atoms with Crippen molar-refractivity contribution in [3.8, 4) is 0 Å². The van der Waals surface area contributed by atoms with Crippen molar-refractivity contribution in [3.05, 3.63) is 23.6 Å². The second kappa shape index (κ2) is 11.5. The Balaban J connectivity index is 0. The monoisotopic (exact) mass is 227 g/mol. The topological polar surface area (TPSA) is 46.6 Å². The Morgan fingerprint density at radius 2 is 1.62 bits per heavy atom. The molecular formula is C12H21NO3. The zero-order valence-electron chi connectivity index (χ0n) is 10.7. The zero-order chi connectivity index (χ0) is 13.0. The first-order valence-corrected chi connectivity index (χ1v) is 5.01. The molecule has 0 aliphatic heterocycles. The number of nitrogens with zero attached hydrogens (tertiary/aromatic N) is 1. The van der Waals surface area contributed by atoms with E-state index in [2.05, 4.69) is 0 Å². The summed E-state index contributed by atoms with van der Waals surface area (Å²) in [6.07, 6.45) is 4.82. The quantitative estimate of drug-likeness (QED) is 0.408. The van der Waals surface area contributed by atoms with E-state index >= 15 is 0 Å². The van der Waals surface area contributed by atoms with Gasteiger partial charge in [0, 0.05) is 31.4 Å². The number of hydrogen-bond donors (Lipinski definition) is 0. The van der Waals surface area contributed by atoms with Crippen LogP contribution in [0.5, 0.6) is 0 Å². The van der Waals surface area contributed by atoms with Crippen LogP contribution >= 0.6 is 0 Å². The largest absolute Gasteiger partial charge is 0.501 e. The minimum Gasteiger partial charge on any atom is -0.501 e. The summed E-state index contributed by atoms with van der Waals surface area (Å²) < 4.78 is 4.79. The molecule has 4 nitrogen and oxygen atoms in total. The van der Waals surface area contributed by atoms with Crippen LogP contribution in [0.3, 0.4) is 0 Å². The van der Waals surface area contributed by atoms with Gasteiger partial charge >= 0.3 is 0 Å². The minimum atomic E-state index is 0.616. The van der Waals surface area contributed by atoms with Crippen LogP contribution < -0.4 is 0 Å². The summed E-state index contributed by atoms with van der Waals surface area (Å²) in [5.74, 6) is 0. The third-order valence-electron chi connectivity index (χ3n) is 1.27. The number of carbonyl (C=O) groups excluding carboxylic acids is 2. The third-order valence-corrected chi connectivity index (χ3v) is 1.27. The van der Waals surface area contributed by atoms with Gasteiger partial charge in [-0.05, 0) is 20.8 Å². The maximum Gasteiger partial charge on any atom is 0.148 e. The lowest BCUT2D eigenvalue weighted by atomic mass is 10.4. The molecule has 0 aromatic rings. The summed E-state index contributed by atoms with van der Waals surface area (Å²) >= 11 is 0. The molecule has 0 aliphatic carbocycles. The maximum atomic E-state index is 9.95. The smallest absolute Gasteiger partial charge is 0.148 e. The van der Waals surface area contributed by atoms with Gasteiger partial charge in [0.05, 0.1) is 12.9 Å². The van der Waals surface area contributed by atoms with Crippen molar-refractivity contribution in [2.75, 3.05) is 20.7 Å². The molecule has 0 N–H and O–H groups in total. The van der Waals surface area contributed by atoms with E-state index in [0.29, 0.717) is 12.2 Å². The Morgan fingerprint density at radius 3 is 1.88 bits per heavy atom. The van der Waals surface area contributed by atoms with Crippen molar-refractivity contribution in [1.82, 2.24) is 4.90 Å². The first-order chi connectivity index (χ1) is 7.47. The Labute approximate surface area is 97.6 Å². The molecule has 0 aromatic heterocycles. The lowest BCUT2D eigenvalue weighted by molar-refractivity contribution is -0.105. The number of allylic oxidation sites excluding steroid dienone is 2. The molecule has 0 rings (SSSR count). The summed E-state index contributed by atoms with van der Waals surface area (Å²) in [6.45, 7) is 5.95. The molecule has 4 heteroatoms. The Morgan fingerprint density at radius 1 is 1.12 bits per heavy atom. The van der Waals surface area contributed by atoms with Gasteiger partial charge in [-0.3, -0.25) is 9.59 Å². The molecular weight excluding hydrogens is 206 g/mol. The molecule has 92 valence electrons. The Kier molecular flexibility index (Phi) is 12.1. The summed E-state index contributed by atoms with van der Waals surface area (Å²) in [6, 6.07) is 0. The normalized spacial score (nSPS) is 11.1. The lowest BCUT2D eigenvalue weighted by Gasteiger charge is -2.02. The summed E-state index contributed by atoms with van der Waals surface area (Å²) in [5, 5.41) is 0. The molecule has 0 aliphatic rings. The highest BCUT2D eigenvalue weighted by Crippen LogP contribution is 1.86. The molecule has 0 saturated carbocycles. The van der Waals surface area contributed by atoms with Crippen molar-refractivity contribution in [1.29, 1.82) is 0 Å². The van der Waals surface area contributed by atoms with Gasteiger partial charge in [-0.25, -0.2) is 0 Å². The maximum absolute atomic E-state index is 9.95. The number of hydrogen-bond acceptors (Lipinski definition) is 4. The van der Waals surface area contributed by atoms with E-state index in [-0.39, 0.29) is 0 Å². The van der Waals surface area contributed by atoms with E-state index < -0.39 is 0 Å². The highest BCUT2D eigenvalue weighted by Gasteiger charge is 1.82. The highest BCUT2D eigenvalue weighted by atomic mass is 16.5. The van der Waals surface area contributed by atoms with E-state index in [0.717, 1.165) is 18.1 Å². The molecule has 0 bridgehead atoms. The first-order valence-electron chi connectivity index (χ1n) is 5.01. The number of ether oxygens (including phenoxy) is 1. The van der Waals surface area contributed by atoms with Crippen molar-refractivity contribution >= 4 is 12.6 Å². The van der Waals surface area contributed by atoms with Crippen LogP contribution in [-0.4, -0.2) is 38.2 Å². The van der Waals surface area contributed by atoms with E-state index in [1.807, 2.05) is 25.9 Å². The Bertz CT molecular complexity index is 255. The molecule has 0 saturated heterocycles. The van der Waals surface area contributed by atoms with Gasteiger partial charge in [0.15, 0.2) is 0 Å². The molecule has 0 atom stereocenters. The van der Waals surface area contributed by atoms with Crippen molar-refractivity contribution in [2.24, 2.45) is 0 Å². The molecule has 0 unspecified atom stereocenters. The summed E-state index contributed by atoms with van der Waals surface area (Å²) in [4.78, 5) is 21.6. The van der Waals surface area contributed by atoms with E-state index in [1.54, 1.807) is 20.0 Å². The number of rotatable bonds is 5. The standard InChI is InChI=1S/C6H11NO.C6H10O2/c1-6(5-8)4-7(2)3;1-3-8-5-6(2)4-7/h4-5H,1-3H3;4-5H,3H2,1-2H3/b6-4+;6-5+. The van der Waals surface area contributed by atoms with Gasteiger partial charge in [0.1, 0.15) is 12.6 Å². The molecule has 0 fully saturated rings. The van der Waals surface area contributed by atoms with Gasteiger partial charge in [0.2, 0.25) is 0 Å². The predicted octanol–water partition coefficient (Wildman–Crippen LogP) is 1.78. The van der Waals surface area contributed by atoms with E-state index in [1.165, 1.54) is 6.26 Å². The number of aldehydes is 2. The molecule has 0 radical (unpaired) electrons. The van der Waals surface area contributed by atoms with Crippen LogP contribution in [0.25, 0.3) is 0 Å². The second-order valence-corrected chi connectivity index (χ2v) is 3.39. The van der Waals surface area contributed by atoms with Crippen LogP contribution in [0.15, 0.2) is 23.6 Å². The van der Waals surface area contributed by atoms with Gasteiger partial charge in [-0.15, -0.1) is 0 Å². The fraction of sp³-hybridized carbons (Fsp3) is 0.500. The average molecular weight is 227 g/mol. The summed E-state index contributed by atoms with van der Waals surface area (Å²) in [5.41, 5.74) is 1.36. The van der Waals surface area contributed by atoms with Crippen LogP contribution in [0.1, 0.15) is 20.8 Å². The van der Waals surface area contributed by atoms with Crippen molar-refractivity contribution in [3.63, 3.8) is 0 Å². The molecule has 0 amide bonds. The average Bonchev–Trinajstić information content (AvgIpc) is 2.25. The molecule has 0 heterocycles. The van der Waals surface area contributed by atoms with Crippen LogP contribution in [0, 0.1) is 0 Å². The molecule has 16 heavy (non-hydrogen) atoms. The Hall–Kier alpha value is -1.58. The molecule has 0 spiro atoms. The minimum absolute atomic E-state index is 0.616. The lowest BCUT2D eigenvalue weighted by Crippen LogP contribution is -2.01. The van der Waals surface area contributed by atoms with Gasteiger partial charge in [-0.1, -0.05) is 0 Å². The van der Waals surface area contributed by atoms with Crippen molar-refractivity contribution < 1.29 is 14.3 Å². The van der Waals surface area contributed by atoms with Crippen LogP contribution in [0.4, 0.5) is 0 Å². The van der Waals surface area contributed by atoms with Gasteiger partial charge < -0.3 is 9.64 Å². The SMILES string of the molecule is C/C(C=O)=C\N(C)C.CCO/C=C(\C)C=O. The third kappa shape index (κ3) is 14.9. The van der Waals surface area contributed by atoms with Gasteiger partial charge in [0.25, 0.3) is 0 Å². The summed E-state index contributed by atoms with van der Waals surface area (Å²) in [7, 11) is 3.76. The van der Waals surface area contributed by atoms with Gasteiger partial charge in [-0.2, -0.15) is 0 Å². The number of carbonyl (C=O) groups is 2.